The molecule has 3 aromatic heterocycles. The number of hydrogen-bond acceptors (Lipinski definition) is 7. The van der Waals surface area contributed by atoms with Crippen LogP contribution in [0.1, 0.15) is 36.7 Å². The fourth-order valence-corrected chi connectivity index (χ4v) is 3.50. The van der Waals surface area contributed by atoms with Gasteiger partial charge in [-0.05, 0) is 31.9 Å². The third kappa shape index (κ3) is 2.75. The average Bonchev–Trinajstić information content (AvgIpc) is 2.97. The first-order valence-electron chi connectivity index (χ1n) is 9.26. The summed E-state index contributed by atoms with van der Waals surface area (Å²) in [6, 6.07) is 4.06. The van der Waals surface area contributed by atoms with E-state index in [-0.39, 0.29) is 0 Å². The Kier molecular flexibility index (Phi) is 3.69. The van der Waals surface area contributed by atoms with Crippen molar-refractivity contribution in [1.29, 1.82) is 0 Å². The highest BCUT2D eigenvalue weighted by molar-refractivity contribution is 5.48. The number of rotatable bonds is 5. The van der Waals surface area contributed by atoms with Crippen LogP contribution in [0.25, 0.3) is 5.65 Å². The molecule has 0 amide bonds. The quantitative estimate of drug-likeness (QED) is 0.754. The van der Waals surface area contributed by atoms with Crippen molar-refractivity contribution in [3.63, 3.8) is 0 Å². The molecule has 134 valence electrons. The third-order valence-electron chi connectivity index (χ3n) is 5.38. The average molecular weight is 350 g/mol. The number of aryl methyl sites for hydroxylation is 1. The van der Waals surface area contributed by atoms with Crippen LogP contribution < -0.4 is 10.2 Å². The van der Waals surface area contributed by atoms with Gasteiger partial charge in [-0.25, -0.2) is 4.98 Å². The second-order valence-corrected chi connectivity index (χ2v) is 7.34. The Hall–Kier alpha value is -2.77. The maximum atomic E-state index is 4.80. The van der Waals surface area contributed by atoms with Crippen LogP contribution in [0.3, 0.4) is 0 Å². The molecular weight excluding hydrogens is 328 g/mol. The van der Waals surface area contributed by atoms with Crippen LogP contribution in [0.5, 0.6) is 0 Å². The fraction of sp³-hybridized carbons (Fsp3) is 0.500. The van der Waals surface area contributed by atoms with Gasteiger partial charge in [-0.15, -0.1) is 15.3 Å². The molecule has 8 nitrogen and oxygen atoms in total. The summed E-state index contributed by atoms with van der Waals surface area (Å²) in [4.78, 5) is 10.9. The van der Waals surface area contributed by atoms with E-state index in [2.05, 4.69) is 30.4 Å². The second kappa shape index (κ2) is 6.19. The van der Waals surface area contributed by atoms with Crippen molar-refractivity contribution in [3.05, 3.63) is 36.0 Å². The smallest absolute Gasteiger partial charge is 0.178 e. The minimum atomic E-state index is 0.525. The molecule has 2 fully saturated rings. The lowest BCUT2D eigenvalue weighted by molar-refractivity contribution is 0.393. The molecule has 4 heterocycles. The fourth-order valence-electron chi connectivity index (χ4n) is 3.50. The van der Waals surface area contributed by atoms with Gasteiger partial charge < -0.3 is 10.2 Å². The van der Waals surface area contributed by atoms with Gasteiger partial charge in [-0.3, -0.25) is 4.98 Å². The normalized spacial score (nSPS) is 18.0. The summed E-state index contributed by atoms with van der Waals surface area (Å²) in [6.45, 7) is 4.82. The first-order chi connectivity index (χ1) is 12.8. The van der Waals surface area contributed by atoms with Crippen molar-refractivity contribution in [2.45, 2.75) is 32.1 Å². The molecule has 0 atom stereocenters. The molecule has 0 bridgehead atoms. The topological polar surface area (TPSA) is 84.1 Å². The summed E-state index contributed by atoms with van der Waals surface area (Å²) in [7, 11) is 0. The van der Waals surface area contributed by atoms with Gasteiger partial charge in [0.25, 0.3) is 0 Å². The van der Waals surface area contributed by atoms with E-state index in [0.29, 0.717) is 11.8 Å². The predicted molar refractivity (Wildman–Crippen MR) is 98.3 cm³/mol. The van der Waals surface area contributed by atoms with Gasteiger partial charge in [0.2, 0.25) is 0 Å². The Morgan fingerprint density at radius 1 is 1.12 bits per heavy atom. The summed E-state index contributed by atoms with van der Waals surface area (Å²) >= 11 is 0. The van der Waals surface area contributed by atoms with Crippen LogP contribution in [0, 0.1) is 12.8 Å². The third-order valence-corrected chi connectivity index (χ3v) is 5.38. The van der Waals surface area contributed by atoms with Crippen molar-refractivity contribution in [1.82, 2.24) is 29.8 Å². The Balaban J connectivity index is 1.22. The molecular formula is C18H22N8. The van der Waals surface area contributed by atoms with Crippen LogP contribution in [0.2, 0.25) is 0 Å². The minimum Gasteiger partial charge on any atom is -0.368 e. The molecule has 26 heavy (non-hydrogen) atoms. The molecule has 0 radical (unpaired) electrons. The van der Waals surface area contributed by atoms with Crippen LogP contribution >= 0.6 is 0 Å². The lowest BCUT2D eigenvalue weighted by Crippen LogP contribution is -2.50. The summed E-state index contributed by atoms with van der Waals surface area (Å²) in [5.41, 5.74) is 1.77. The number of anilines is 2. The number of hydrogen-bond donors (Lipinski definition) is 1. The summed E-state index contributed by atoms with van der Waals surface area (Å²) in [5.74, 6) is 3.97. The van der Waals surface area contributed by atoms with E-state index in [1.54, 1.807) is 12.4 Å². The number of nitrogens with zero attached hydrogens (tertiary/aromatic N) is 7. The molecule has 1 N–H and O–H groups in total. The number of aromatic nitrogens is 6. The monoisotopic (exact) mass is 350 g/mol. The number of nitrogens with one attached hydrogen (secondary N) is 1. The molecule has 8 heteroatoms. The summed E-state index contributed by atoms with van der Waals surface area (Å²) in [6.07, 6.45) is 7.26. The van der Waals surface area contributed by atoms with E-state index in [4.69, 9.17) is 5.10 Å². The maximum absolute atomic E-state index is 4.80. The maximum Gasteiger partial charge on any atom is 0.178 e. The van der Waals surface area contributed by atoms with Crippen LogP contribution in [0.15, 0.2) is 24.5 Å². The Morgan fingerprint density at radius 3 is 2.73 bits per heavy atom. The standard InChI is InChI=1S/C18H22N8/c1-12-7-20-15(9-19-12)21-8-13-10-25(11-13)17-6-5-16-22-23-18(26(16)24-17)14-3-2-4-14/h5-7,9,13-14H,2-4,8,10-11H2,1H3,(H,20,21). The molecule has 5 rings (SSSR count). The summed E-state index contributed by atoms with van der Waals surface area (Å²) in [5, 5.41) is 16.8. The molecule has 0 aromatic carbocycles. The Morgan fingerprint density at radius 2 is 2.00 bits per heavy atom. The SMILES string of the molecule is Cc1cnc(NCC2CN(c3ccc4nnc(C5CCC5)n4n3)C2)cn1. The van der Waals surface area contributed by atoms with Gasteiger partial charge in [0.05, 0.1) is 18.1 Å². The van der Waals surface area contributed by atoms with E-state index >= 15 is 0 Å². The highest BCUT2D eigenvalue weighted by Gasteiger charge is 2.29. The molecule has 1 aliphatic heterocycles. The molecule has 1 aliphatic carbocycles. The zero-order chi connectivity index (χ0) is 17.5. The highest BCUT2D eigenvalue weighted by atomic mass is 15.4. The van der Waals surface area contributed by atoms with Crippen LogP contribution in [-0.4, -0.2) is 49.4 Å². The second-order valence-electron chi connectivity index (χ2n) is 7.34. The van der Waals surface area contributed by atoms with Crippen LogP contribution in [0.4, 0.5) is 11.6 Å². The van der Waals surface area contributed by atoms with E-state index in [0.717, 1.165) is 48.4 Å². The van der Waals surface area contributed by atoms with Gasteiger partial charge in [0, 0.05) is 31.5 Å². The lowest BCUT2D eigenvalue weighted by atomic mass is 9.85. The number of fused-ring (bicyclic) bond motifs is 1. The predicted octanol–water partition coefficient (Wildman–Crippen LogP) is 2.04. The largest absolute Gasteiger partial charge is 0.368 e. The highest BCUT2D eigenvalue weighted by Crippen LogP contribution is 2.35. The van der Waals surface area contributed by atoms with Gasteiger partial charge in [0.15, 0.2) is 11.5 Å². The van der Waals surface area contributed by atoms with Gasteiger partial charge in [-0.1, -0.05) is 6.42 Å². The first-order valence-corrected chi connectivity index (χ1v) is 9.26. The lowest BCUT2D eigenvalue weighted by Gasteiger charge is -2.40. The molecule has 1 saturated carbocycles. The molecule has 0 unspecified atom stereocenters. The van der Waals surface area contributed by atoms with E-state index < -0.39 is 0 Å². The van der Waals surface area contributed by atoms with Crippen LogP contribution in [-0.2, 0) is 0 Å². The van der Waals surface area contributed by atoms with E-state index in [1.807, 2.05) is 23.6 Å². The van der Waals surface area contributed by atoms with Crippen molar-refractivity contribution >= 4 is 17.3 Å². The van der Waals surface area contributed by atoms with Crippen molar-refractivity contribution < 1.29 is 0 Å². The zero-order valence-corrected chi connectivity index (χ0v) is 14.8. The Bertz CT molecular complexity index is 909. The van der Waals surface area contributed by atoms with Crippen molar-refractivity contribution in [3.8, 4) is 0 Å². The minimum absolute atomic E-state index is 0.525. The van der Waals surface area contributed by atoms with Crippen molar-refractivity contribution in [2.75, 3.05) is 29.9 Å². The zero-order valence-electron chi connectivity index (χ0n) is 14.8. The van der Waals surface area contributed by atoms with E-state index in [9.17, 15) is 0 Å². The summed E-state index contributed by atoms with van der Waals surface area (Å²) < 4.78 is 1.94. The van der Waals surface area contributed by atoms with Crippen molar-refractivity contribution in [2.24, 2.45) is 5.92 Å². The van der Waals surface area contributed by atoms with E-state index in [1.165, 1.54) is 19.3 Å². The molecule has 3 aromatic rings. The van der Waals surface area contributed by atoms with Gasteiger partial charge >= 0.3 is 0 Å². The van der Waals surface area contributed by atoms with Gasteiger partial charge in [0.1, 0.15) is 11.6 Å². The Labute approximate surface area is 151 Å². The first kappa shape index (κ1) is 15.5. The molecule has 2 aliphatic rings. The molecule has 0 spiro atoms. The molecule has 1 saturated heterocycles. The van der Waals surface area contributed by atoms with Gasteiger partial charge in [-0.2, -0.15) is 4.52 Å².